The van der Waals surface area contributed by atoms with Gasteiger partial charge in [0.1, 0.15) is 0 Å². The van der Waals surface area contributed by atoms with Gasteiger partial charge < -0.3 is 19.7 Å². The quantitative estimate of drug-likeness (QED) is 0.442. The fraction of sp³-hybridized carbons (Fsp3) is 0.588. The molecule has 136 valence electrons. The molecule has 2 N–H and O–H groups in total. The molecule has 1 rings (SSSR count). The Kier molecular flexibility index (Phi) is 9.69. The van der Waals surface area contributed by atoms with Crippen LogP contribution in [0.25, 0.3) is 0 Å². The summed E-state index contributed by atoms with van der Waals surface area (Å²) in [6, 6.07) is 6.98. The Bertz CT molecular complexity index is 524. The Morgan fingerprint density at radius 3 is 2.21 bits per heavy atom. The maximum absolute atomic E-state index is 12.5. The fourth-order valence-electron chi connectivity index (χ4n) is 2.19. The zero-order chi connectivity index (χ0) is 17.8. The molecule has 0 radical (unpaired) electrons. The second kappa shape index (κ2) is 11.2. The SMILES string of the molecule is CCCCCNC(=O)Nc1ccc(CP(=O)(OCC)OCC)cc1. The van der Waals surface area contributed by atoms with E-state index in [1.807, 2.05) is 12.1 Å². The van der Waals surface area contributed by atoms with Gasteiger partial charge in [-0.3, -0.25) is 4.57 Å². The smallest absolute Gasteiger partial charge is 0.335 e. The van der Waals surface area contributed by atoms with Crippen LogP contribution in [0.15, 0.2) is 24.3 Å². The van der Waals surface area contributed by atoms with Crippen LogP contribution in [0.4, 0.5) is 10.5 Å². The third-order valence-corrected chi connectivity index (χ3v) is 5.36. The van der Waals surface area contributed by atoms with E-state index >= 15 is 0 Å². The predicted octanol–water partition coefficient (Wildman–Crippen LogP) is 4.76. The molecule has 0 aliphatic rings. The molecule has 0 unspecified atom stereocenters. The highest BCUT2D eigenvalue weighted by molar-refractivity contribution is 7.53. The third-order valence-electron chi connectivity index (χ3n) is 3.31. The average Bonchev–Trinajstić information content (AvgIpc) is 2.54. The average molecular weight is 356 g/mol. The minimum atomic E-state index is -3.11. The van der Waals surface area contributed by atoms with Crippen molar-refractivity contribution in [3.63, 3.8) is 0 Å². The number of anilines is 1. The number of carbonyl (C=O) groups excluding carboxylic acids is 1. The van der Waals surface area contributed by atoms with Crippen LogP contribution in [0.1, 0.15) is 45.6 Å². The largest absolute Gasteiger partial charge is 0.338 e. The van der Waals surface area contributed by atoms with E-state index in [2.05, 4.69) is 17.6 Å². The van der Waals surface area contributed by atoms with Crippen molar-refractivity contribution in [1.82, 2.24) is 5.32 Å². The highest BCUT2D eigenvalue weighted by Crippen LogP contribution is 2.51. The van der Waals surface area contributed by atoms with Crippen LogP contribution in [0.2, 0.25) is 0 Å². The van der Waals surface area contributed by atoms with Gasteiger partial charge in [-0.25, -0.2) is 4.79 Å². The summed E-state index contributed by atoms with van der Waals surface area (Å²) in [5, 5.41) is 5.60. The topological polar surface area (TPSA) is 76.7 Å². The molecule has 6 nitrogen and oxygen atoms in total. The number of hydrogen-bond acceptors (Lipinski definition) is 4. The van der Waals surface area contributed by atoms with Crippen molar-refractivity contribution in [1.29, 1.82) is 0 Å². The summed E-state index contributed by atoms with van der Waals surface area (Å²) in [5.74, 6) is 0. The van der Waals surface area contributed by atoms with E-state index < -0.39 is 7.60 Å². The van der Waals surface area contributed by atoms with Crippen LogP contribution in [-0.2, 0) is 19.8 Å². The number of benzene rings is 1. The fourth-order valence-corrected chi connectivity index (χ4v) is 3.89. The first-order valence-electron chi connectivity index (χ1n) is 8.55. The van der Waals surface area contributed by atoms with Gasteiger partial charge in [0.25, 0.3) is 0 Å². The highest BCUT2D eigenvalue weighted by atomic mass is 31.2. The maximum Gasteiger partial charge on any atom is 0.335 e. The number of hydrogen-bond donors (Lipinski definition) is 2. The van der Waals surface area contributed by atoms with Gasteiger partial charge in [-0.1, -0.05) is 31.9 Å². The predicted molar refractivity (Wildman–Crippen MR) is 97.6 cm³/mol. The second-order valence-corrected chi connectivity index (χ2v) is 7.44. The van der Waals surface area contributed by atoms with Gasteiger partial charge in [-0.15, -0.1) is 0 Å². The molecule has 0 spiro atoms. The van der Waals surface area contributed by atoms with E-state index in [-0.39, 0.29) is 12.2 Å². The van der Waals surface area contributed by atoms with Crippen molar-refractivity contribution in [2.45, 2.75) is 46.2 Å². The maximum atomic E-state index is 12.5. The third kappa shape index (κ3) is 7.95. The van der Waals surface area contributed by atoms with Crippen LogP contribution in [0.5, 0.6) is 0 Å². The van der Waals surface area contributed by atoms with Crippen LogP contribution < -0.4 is 10.6 Å². The number of rotatable bonds is 11. The lowest BCUT2D eigenvalue weighted by Crippen LogP contribution is -2.29. The van der Waals surface area contributed by atoms with Gasteiger partial charge in [0.05, 0.1) is 19.4 Å². The number of amides is 2. The molecule has 0 heterocycles. The van der Waals surface area contributed by atoms with Gasteiger partial charge in [0.15, 0.2) is 0 Å². The molecule has 0 saturated carbocycles. The number of nitrogens with one attached hydrogen (secondary N) is 2. The minimum Gasteiger partial charge on any atom is -0.338 e. The zero-order valence-electron chi connectivity index (χ0n) is 14.8. The van der Waals surface area contributed by atoms with E-state index in [4.69, 9.17) is 9.05 Å². The van der Waals surface area contributed by atoms with Crippen molar-refractivity contribution in [2.24, 2.45) is 0 Å². The highest BCUT2D eigenvalue weighted by Gasteiger charge is 2.23. The molecule has 7 heteroatoms. The summed E-state index contributed by atoms with van der Waals surface area (Å²) < 4.78 is 23.1. The van der Waals surface area contributed by atoms with Crippen LogP contribution in [0.3, 0.4) is 0 Å². The van der Waals surface area contributed by atoms with Gasteiger partial charge in [0.2, 0.25) is 0 Å². The molecule has 0 aliphatic heterocycles. The summed E-state index contributed by atoms with van der Waals surface area (Å²) in [7, 11) is -3.11. The Labute approximate surface area is 144 Å². The normalized spacial score (nSPS) is 11.3. The standard InChI is InChI=1S/C17H29N2O4P/c1-4-7-8-13-18-17(20)19-16-11-9-15(10-12-16)14-24(21,22-5-2)23-6-3/h9-12H,4-8,13-14H2,1-3H3,(H2,18,19,20). The van der Waals surface area contributed by atoms with Gasteiger partial charge >= 0.3 is 13.6 Å². The van der Waals surface area contributed by atoms with Crippen LogP contribution >= 0.6 is 7.60 Å². The minimum absolute atomic E-state index is 0.215. The first-order valence-corrected chi connectivity index (χ1v) is 10.3. The molecule has 0 atom stereocenters. The summed E-state index contributed by atoms with van der Waals surface area (Å²) >= 11 is 0. The summed E-state index contributed by atoms with van der Waals surface area (Å²) in [6.07, 6.45) is 3.43. The summed E-state index contributed by atoms with van der Waals surface area (Å²) in [4.78, 5) is 11.8. The Morgan fingerprint density at radius 1 is 1.04 bits per heavy atom. The lowest BCUT2D eigenvalue weighted by molar-refractivity contribution is 0.219. The molecule has 0 aromatic heterocycles. The second-order valence-electron chi connectivity index (χ2n) is 5.39. The van der Waals surface area contributed by atoms with E-state index in [9.17, 15) is 9.36 Å². The monoisotopic (exact) mass is 356 g/mol. The lowest BCUT2D eigenvalue weighted by Gasteiger charge is -2.17. The van der Waals surface area contributed by atoms with Crippen LogP contribution in [0, 0.1) is 0 Å². The van der Waals surface area contributed by atoms with Crippen molar-refractivity contribution in [2.75, 3.05) is 25.1 Å². The van der Waals surface area contributed by atoms with E-state index in [0.29, 0.717) is 25.4 Å². The molecule has 0 bridgehead atoms. The number of carbonyl (C=O) groups is 1. The molecular weight excluding hydrogens is 327 g/mol. The first-order chi connectivity index (χ1) is 11.5. The zero-order valence-corrected chi connectivity index (χ0v) is 15.7. The molecular formula is C17H29N2O4P. The number of unbranched alkanes of at least 4 members (excludes halogenated alkanes) is 2. The molecule has 0 fully saturated rings. The van der Waals surface area contributed by atoms with Crippen LogP contribution in [-0.4, -0.2) is 25.8 Å². The van der Waals surface area contributed by atoms with Crippen molar-refractivity contribution >= 4 is 19.3 Å². The van der Waals surface area contributed by atoms with E-state index in [1.54, 1.807) is 26.0 Å². The Morgan fingerprint density at radius 2 is 1.67 bits per heavy atom. The van der Waals surface area contributed by atoms with E-state index in [0.717, 1.165) is 24.8 Å². The Hall–Kier alpha value is -1.36. The molecule has 24 heavy (non-hydrogen) atoms. The van der Waals surface area contributed by atoms with Gasteiger partial charge in [0, 0.05) is 12.2 Å². The molecule has 0 saturated heterocycles. The van der Waals surface area contributed by atoms with Crippen molar-refractivity contribution < 1.29 is 18.4 Å². The molecule has 1 aromatic rings. The van der Waals surface area contributed by atoms with E-state index in [1.165, 1.54) is 0 Å². The molecule has 2 amide bonds. The molecule has 0 aliphatic carbocycles. The van der Waals surface area contributed by atoms with Gasteiger partial charge in [-0.2, -0.15) is 0 Å². The number of urea groups is 1. The van der Waals surface area contributed by atoms with Gasteiger partial charge in [-0.05, 0) is 38.0 Å². The van der Waals surface area contributed by atoms with Crippen molar-refractivity contribution in [3.8, 4) is 0 Å². The first kappa shape index (κ1) is 20.7. The lowest BCUT2D eigenvalue weighted by atomic mass is 10.2. The summed E-state index contributed by atoms with van der Waals surface area (Å²) in [5.41, 5.74) is 1.53. The summed E-state index contributed by atoms with van der Waals surface area (Å²) in [6.45, 7) is 7.06. The van der Waals surface area contributed by atoms with Crippen molar-refractivity contribution in [3.05, 3.63) is 29.8 Å². The molecule has 1 aromatic carbocycles. The Balaban J connectivity index is 2.53.